The molecule has 2 N–H and O–H groups in total. The molecule has 0 radical (unpaired) electrons. The van der Waals surface area contributed by atoms with Crippen LogP contribution in [0.2, 0.25) is 0 Å². The van der Waals surface area contributed by atoms with Gasteiger partial charge in [0.15, 0.2) is 0 Å². The molecule has 1 aromatic heterocycles. The number of carbonyl (C=O) groups excluding carboxylic acids is 2. The summed E-state index contributed by atoms with van der Waals surface area (Å²) >= 11 is 0. The van der Waals surface area contributed by atoms with Crippen molar-refractivity contribution < 1.29 is 9.59 Å². The summed E-state index contributed by atoms with van der Waals surface area (Å²) in [4.78, 5) is 36.3. The summed E-state index contributed by atoms with van der Waals surface area (Å²) in [5.41, 5.74) is 4.74. The molecule has 0 bridgehead atoms. The highest BCUT2D eigenvalue weighted by Gasteiger charge is 2.61. The molecule has 1 saturated heterocycles. The predicted molar refractivity (Wildman–Crippen MR) is 141 cm³/mol. The molecule has 2 aromatic rings. The second-order valence-corrected chi connectivity index (χ2v) is 12.6. The first-order valence-electron chi connectivity index (χ1n) is 13.9. The van der Waals surface area contributed by atoms with Gasteiger partial charge in [-0.15, -0.1) is 0 Å². The smallest absolute Gasteiger partial charge is 0.226 e. The highest BCUT2D eigenvalue weighted by atomic mass is 16.2. The van der Waals surface area contributed by atoms with Gasteiger partial charge in [0.1, 0.15) is 5.82 Å². The summed E-state index contributed by atoms with van der Waals surface area (Å²) < 4.78 is 0. The number of carbonyl (C=O) groups is 2. The van der Waals surface area contributed by atoms with Crippen LogP contribution in [0.25, 0.3) is 11.0 Å². The number of amides is 2. The van der Waals surface area contributed by atoms with Gasteiger partial charge >= 0.3 is 0 Å². The number of para-hydroxylation sites is 2. The molecule has 36 heavy (non-hydrogen) atoms. The van der Waals surface area contributed by atoms with Gasteiger partial charge in [0.25, 0.3) is 0 Å². The fourth-order valence-electron chi connectivity index (χ4n) is 9.10. The third-order valence-electron chi connectivity index (χ3n) is 10.8. The first-order chi connectivity index (χ1) is 17.1. The summed E-state index contributed by atoms with van der Waals surface area (Å²) in [6.07, 6.45) is 7.02. The van der Waals surface area contributed by atoms with E-state index in [1.54, 1.807) is 0 Å². The van der Waals surface area contributed by atoms with Crippen LogP contribution < -0.4 is 5.32 Å². The summed E-state index contributed by atoms with van der Waals surface area (Å²) in [5.74, 6) is 3.07. The van der Waals surface area contributed by atoms with Gasteiger partial charge in [-0.3, -0.25) is 9.59 Å². The average molecular weight is 489 g/mol. The van der Waals surface area contributed by atoms with Gasteiger partial charge in [-0.2, -0.15) is 0 Å². The van der Waals surface area contributed by atoms with Crippen molar-refractivity contribution in [3.63, 3.8) is 0 Å². The molecular weight excluding hydrogens is 448 g/mol. The maximum absolute atomic E-state index is 13.7. The minimum atomic E-state index is -0.152. The van der Waals surface area contributed by atoms with E-state index < -0.39 is 0 Å². The number of benzene rings is 1. The molecule has 2 unspecified atom stereocenters. The van der Waals surface area contributed by atoms with Crippen molar-refractivity contribution in [3.8, 4) is 0 Å². The Balaban J connectivity index is 1.23. The van der Waals surface area contributed by atoms with Gasteiger partial charge < -0.3 is 15.2 Å². The second-order valence-electron chi connectivity index (χ2n) is 12.6. The van der Waals surface area contributed by atoms with Crippen molar-refractivity contribution in [1.82, 2.24) is 20.2 Å². The SMILES string of the molecule is CC1=C2N(C)C(=O)CC[C@]2(C)[C@@H]2CC[C@]3(C)C(C(=O)NC(C)c4nc5ccccc5[nH]4)CC[C@H]3[C@@H]2C1. The Morgan fingerprint density at radius 1 is 1.17 bits per heavy atom. The molecular formula is C30H40N4O2. The molecule has 6 rings (SSSR count). The number of allylic oxidation sites excluding steroid dienone is 2. The van der Waals surface area contributed by atoms with E-state index in [1.807, 2.05) is 43.1 Å². The molecule has 4 aliphatic rings. The Kier molecular flexibility index (Phi) is 5.40. The number of nitrogens with zero attached hydrogens (tertiary/aromatic N) is 2. The van der Waals surface area contributed by atoms with E-state index in [2.05, 4.69) is 31.1 Å². The summed E-state index contributed by atoms with van der Waals surface area (Å²) in [7, 11) is 1.98. The van der Waals surface area contributed by atoms with Gasteiger partial charge in [0.05, 0.1) is 17.1 Å². The van der Waals surface area contributed by atoms with E-state index >= 15 is 0 Å². The highest BCUT2D eigenvalue weighted by Crippen LogP contribution is 2.66. The van der Waals surface area contributed by atoms with Crippen LogP contribution in [0.3, 0.4) is 0 Å². The quantitative estimate of drug-likeness (QED) is 0.579. The fraction of sp³-hybridized carbons (Fsp3) is 0.633. The van der Waals surface area contributed by atoms with E-state index in [4.69, 9.17) is 4.98 Å². The average Bonchev–Trinajstić information content (AvgIpc) is 3.43. The zero-order valence-electron chi connectivity index (χ0n) is 22.4. The maximum Gasteiger partial charge on any atom is 0.226 e. The maximum atomic E-state index is 13.7. The molecule has 1 aromatic carbocycles. The zero-order valence-corrected chi connectivity index (χ0v) is 22.4. The summed E-state index contributed by atoms with van der Waals surface area (Å²) in [6, 6.07) is 7.85. The largest absolute Gasteiger partial charge is 0.346 e. The van der Waals surface area contributed by atoms with Crippen LogP contribution in [0.5, 0.6) is 0 Å². The number of imidazole rings is 1. The van der Waals surface area contributed by atoms with Crippen LogP contribution in [0.1, 0.15) is 84.5 Å². The summed E-state index contributed by atoms with van der Waals surface area (Å²) in [6.45, 7) is 9.09. The Hall–Kier alpha value is -2.63. The van der Waals surface area contributed by atoms with Gasteiger partial charge in [-0.25, -0.2) is 4.98 Å². The first kappa shape index (κ1) is 23.7. The van der Waals surface area contributed by atoms with E-state index in [1.165, 1.54) is 11.3 Å². The number of rotatable bonds is 3. The third kappa shape index (κ3) is 3.32. The lowest BCUT2D eigenvalue weighted by molar-refractivity contribution is -0.139. The van der Waals surface area contributed by atoms with E-state index in [0.717, 1.165) is 55.4 Å². The van der Waals surface area contributed by atoms with E-state index in [-0.39, 0.29) is 34.6 Å². The number of nitrogens with one attached hydrogen (secondary N) is 2. The molecule has 3 fully saturated rings. The lowest BCUT2D eigenvalue weighted by Gasteiger charge is -2.59. The van der Waals surface area contributed by atoms with Crippen molar-refractivity contribution in [3.05, 3.63) is 41.4 Å². The predicted octanol–water partition coefficient (Wildman–Crippen LogP) is 5.74. The van der Waals surface area contributed by atoms with Gasteiger partial charge in [0, 0.05) is 30.5 Å². The lowest BCUT2D eigenvalue weighted by Crippen LogP contribution is -2.55. The van der Waals surface area contributed by atoms with Gasteiger partial charge in [-0.05, 0) is 87.7 Å². The molecule has 2 heterocycles. The van der Waals surface area contributed by atoms with Crippen LogP contribution in [-0.2, 0) is 9.59 Å². The van der Waals surface area contributed by atoms with Gasteiger partial charge in [-0.1, -0.05) is 31.6 Å². The molecule has 192 valence electrons. The molecule has 3 aliphatic carbocycles. The zero-order chi connectivity index (χ0) is 25.4. The van der Waals surface area contributed by atoms with E-state index in [0.29, 0.717) is 24.2 Å². The molecule has 1 aliphatic heterocycles. The second kappa shape index (κ2) is 8.19. The molecule has 2 amide bonds. The van der Waals surface area contributed by atoms with Crippen molar-refractivity contribution in [2.24, 2.45) is 34.5 Å². The number of fused-ring (bicyclic) bond motifs is 6. The van der Waals surface area contributed by atoms with Crippen LogP contribution in [0, 0.1) is 34.5 Å². The number of hydrogen-bond donors (Lipinski definition) is 2. The highest BCUT2D eigenvalue weighted by molar-refractivity contribution is 5.81. The first-order valence-corrected chi connectivity index (χ1v) is 13.9. The van der Waals surface area contributed by atoms with Crippen molar-refractivity contribution >= 4 is 22.8 Å². The lowest BCUT2D eigenvalue weighted by atomic mass is 9.48. The molecule has 0 spiro atoms. The Bertz CT molecular complexity index is 1230. The Labute approximate surface area is 214 Å². The number of piperidine rings is 1. The number of aromatic amines is 1. The van der Waals surface area contributed by atoms with Crippen molar-refractivity contribution in [1.29, 1.82) is 0 Å². The van der Waals surface area contributed by atoms with Crippen molar-refractivity contribution in [2.45, 2.75) is 78.7 Å². The molecule has 7 atom stereocenters. The van der Waals surface area contributed by atoms with Crippen LogP contribution in [0.15, 0.2) is 35.5 Å². The standard InChI is InChI=1S/C30H40N4O2/c1-17-16-19-20-10-11-22(28(36)31-18(2)27-32-23-8-6-7-9-24(23)33-27)29(20,3)14-12-21(19)30(4)15-13-25(35)34(5)26(17)30/h6-9,18-22H,10-16H2,1-5H3,(H,31,36)(H,32,33)/t18?,19-,20-,21+,22?,29-,30+/m0/s1. The normalized spacial score (nSPS) is 36.9. The number of likely N-dealkylation sites (tertiary alicyclic amines) is 1. The molecule has 6 heteroatoms. The topological polar surface area (TPSA) is 78.1 Å². The Morgan fingerprint density at radius 3 is 2.72 bits per heavy atom. The van der Waals surface area contributed by atoms with Crippen molar-refractivity contribution in [2.75, 3.05) is 7.05 Å². The van der Waals surface area contributed by atoms with Crippen LogP contribution in [0.4, 0.5) is 0 Å². The van der Waals surface area contributed by atoms with Gasteiger partial charge in [0.2, 0.25) is 11.8 Å². The minimum absolute atomic E-state index is 0.0311. The summed E-state index contributed by atoms with van der Waals surface area (Å²) in [5, 5.41) is 3.32. The fourth-order valence-corrected chi connectivity index (χ4v) is 9.10. The van der Waals surface area contributed by atoms with Crippen LogP contribution in [-0.4, -0.2) is 33.7 Å². The van der Waals surface area contributed by atoms with Crippen LogP contribution >= 0.6 is 0 Å². The minimum Gasteiger partial charge on any atom is -0.346 e. The molecule has 2 saturated carbocycles. The number of H-pyrrole nitrogens is 1. The third-order valence-corrected chi connectivity index (χ3v) is 10.8. The number of aromatic nitrogens is 2. The monoisotopic (exact) mass is 488 g/mol. The van der Waals surface area contributed by atoms with E-state index in [9.17, 15) is 9.59 Å². The molecule has 6 nitrogen and oxygen atoms in total. The Morgan fingerprint density at radius 2 is 1.94 bits per heavy atom. The number of hydrogen-bond acceptors (Lipinski definition) is 3.